The highest BCUT2D eigenvalue weighted by Crippen LogP contribution is 2.21. The van der Waals surface area contributed by atoms with E-state index in [0.29, 0.717) is 6.54 Å². The number of carbonyl (C=O) groups is 1. The number of esters is 1. The fourth-order valence-electron chi connectivity index (χ4n) is 1.79. The Morgan fingerprint density at radius 2 is 2.05 bits per heavy atom. The molecule has 1 rings (SSSR count). The van der Waals surface area contributed by atoms with E-state index in [1.54, 1.807) is 7.11 Å². The van der Waals surface area contributed by atoms with Gasteiger partial charge in [0, 0.05) is 12.6 Å². The number of ether oxygens (including phenoxy) is 2. The van der Waals surface area contributed by atoms with E-state index in [1.165, 1.54) is 7.11 Å². The van der Waals surface area contributed by atoms with Gasteiger partial charge in [-0.1, -0.05) is 12.1 Å². The van der Waals surface area contributed by atoms with Crippen LogP contribution in [0.15, 0.2) is 24.3 Å². The van der Waals surface area contributed by atoms with Crippen molar-refractivity contribution in [2.75, 3.05) is 20.8 Å². The molecular weight excluding hydrogens is 242 g/mol. The number of carbonyl (C=O) groups excluding carboxylic acids is 1. The van der Waals surface area contributed by atoms with Gasteiger partial charge in [0.05, 0.1) is 19.6 Å². The predicted molar refractivity (Wildman–Crippen MR) is 75.2 cm³/mol. The van der Waals surface area contributed by atoms with Crippen LogP contribution in [0.4, 0.5) is 0 Å². The molecule has 0 saturated heterocycles. The number of hydrogen-bond donors (Lipinski definition) is 1. The molecular formula is C15H23NO3. The summed E-state index contributed by atoms with van der Waals surface area (Å²) in [6, 6.07) is 8.03. The minimum atomic E-state index is -0.540. The molecule has 0 aliphatic carbocycles. The number of nitrogens with one attached hydrogen (secondary N) is 1. The molecule has 0 unspecified atom stereocenters. The molecule has 0 bridgehead atoms. The van der Waals surface area contributed by atoms with Crippen LogP contribution >= 0.6 is 0 Å². The van der Waals surface area contributed by atoms with Crippen LogP contribution in [0, 0.1) is 5.41 Å². The summed E-state index contributed by atoms with van der Waals surface area (Å²) in [5, 5.41) is 3.35. The van der Waals surface area contributed by atoms with Crippen molar-refractivity contribution in [3.8, 4) is 5.75 Å². The molecule has 0 heterocycles. The molecule has 0 radical (unpaired) electrons. The van der Waals surface area contributed by atoms with E-state index in [4.69, 9.17) is 9.47 Å². The van der Waals surface area contributed by atoms with Gasteiger partial charge in [0.15, 0.2) is 0 Å². The molecule has 0 fully saturated rings. The first-order chi connectivity index (χ1) is 8.90. The summed E-state index contributed by atoms with van der Waals surface area (Å²) in [7, 11) is 3.06. The Kier molecular flexibility index (Phi) is 5.36. The van der Waals surface area contributed by atoms with Gasteiger partial charge in [-0.3, -0.25) is 4.79 Å². The zero-order valence-corrected chi connectivity index (χ0v) is 12.3. The van der Waals surface area contributed by atoms with Gasteiger partial charge in [0.25, 0.3) is 0 Å². The maximum atomic E-state index is 11.6. The fourth-order valence-corrected chi connectivity index (χ4v) is 1.79. The van der Waals surface area contributed by atoms with Gasteiger partial charge in [-0.05, 0) is 38.5 Å². The maximum absolute atomic E-state index is 11.6. The topological polar surface area (TPSA) is 47.6 Å². The SMILES string of the molecule is COC(=O)C(C)(C)CN[C@@H](C)c1cccc(OC)c1. The second kappa shape index (κ2) is 6.57. The Hall–Kier alpha value is -1.55. The molecule has 0 aromatic heterocycles. The summed E-state index contributed by atoms with van der Waals surface area (Å²) in [5.41, 5.74) is 0.585. The molecule has 1 aromatic rings. The predicted octanol–water partition coefficient (Wildman–Crippen LogP) is 2.55. The highest BCUT2D eigenvalue weighted by molar-refractivity contribution is 5.76. The van der Waals surface area contributed by atoms with Crippen LogP contribution in [0.2, 0.25) is 0 Å². The fraction of sp³-hybridized carbons (Fsp3) is 0.533. The molecule has 4 nitrogen and oxygen atoms in total. The highest BCUT2D eigenvalue weighted by Gasteiger charge is 2.28. The van der Waals surface area contributed by atoms with Crippen LogP contribution in [0.3, 0.4) is 0 Å². The number of methoxy groups -OCH3 is 2. The van der Waals surface area contributed by atoms with Crippen molar-refractivity contribution in [1.82, 2.24) is 5.32 Å². The van der Waals surface area contributed by atoms with Gasteiger partial charge in [-0.2, -0.15) is 0 Å². The average molecular weight is 265 g/mol. The average Bonchev–Trinajstić information content (AvgIpc) is 2.43. The Balaban J connectivity index is 2.64. The minimum Gasteiger partial charge on any atom is -0.497 e. The Labute approximate surface area is 115 Å². The van der Waals surface area contributed by atoms with Crippen LogP contribution in [0.5, 0.6) is 5.75 Å². The number of hydrogen-bond acceptors (Lipinski definition) is 4. The smallest absolute Gasteiger partial charge is 0.312 e. The third kappa shape index (κ3) is 4.24. The van der Waals surface area contributed by atoms with Crippen molar-refractivity contribution in [2.24, 2.45) is 5.41 Å². The van der Waals surface area contributed by atoms with Gasteiger partial charge in [0.1, 0.15) is 5.75 Å². The normalized spacial score (nSPS) is 12.9. The summed E-state index contributed by atoms with van der Waals surface area (Å²) in [6.07, 6.45) is 0. The number of benzene rings is 1. The molecule has 106 valence electrons. The van der Waals surface area contributed by atoms with E-state index in [0.717, 1.165) is 11.3 Å². The van der Waals surface area contributed by atoms with Crippen molar-refractivity contribution in [1.29, 1.82) is 0 Å². The highest BCUT2D eigenvalue weighted by atomic mass is 16.5. The van der Waals surface area contributed by atoms with E-state index in [1.807, 2.05) is 38.1 Å². The largest absolute Gasteiger partial charge is 0.497 e. The zero-order valence-electron chi connectivity index (χ0n) is 12.3. The Morgan fingerprint density at radius 1 is 1.37 bits per heavy atom. The molecule has 19 heavy (non-hydrogen) atoms. The van der Waals surface area contributed by atoms with E-state index < -0.39 is 5.41 Å². The van der Waals surface area contributed by atoms with Crippen LogP contribution in [-0.2, 0) is 9.53 Å². The first-order valence-electron chi connectivity index (χ1n) is 6.36. The molecule has 1 aromatic carbocycles. The van der Waals surface area contributed by atoms with Gasteiger partial charge < -0.3 is 14.8 Å². The third-order valence-electron chi connectivity index (χ3n) is 3.18. The van der Waals surface area contributed by atoms with Crippen molar-refractivity contribution in [2.45, 2.75) is 26.8 Å². The molecule has 4 heteroatoms. The van der Waals surface area contributed by atoms with Crippen LogP contribution < -0.4 is 10.1 Å². The Bertz CT molecular complexity index is 429. The summed E-state index contributed by atoms with van der Waals surface area (Å²) in [5.74, 6) is 0.622. The first-order valence-corrected chi connectivity index (χ1v) is 6.36. The van der Waals surface area contributed by atoms with Crippen molar-refractivity contribution < 1.29 is 14.3 Å². The van der Waals surface area contributed by atoms with Crippen molar-refractivity contribution in [3.05, 3.63) is 29.8 Å². The van der Waals surface area contributed by atoms with E-state index in [-0.39, 0.29) is 12.0 Å². The molecule has 0 aliphatic heterocycles. The monoisotopic (exact) mass is 265 g/mol. The second-order valence-corrected chi connectivity index (χ2v) is 5.25. The van der Waals surface area contributed by atoms with E-state index >= 15 is 0 Å². The summed E-state index contributed by atoms with van der Waals surface area (Å²) in [6.45, 7) is 6.34. The second-order valence-electron chi connectivity index (χ2n) is 5.25. The van der Waals surface area contributed by atoms with Gasteiger partial charge >= 0.3 is 5.97 Å². The standard InChI is InChI=1S/C15H23NO3/c1-11(12-7-6-8-13(9-12)18-4)16-10-15(2,3)14(17)19-5/h6-9,11,16H,10H2,1-5H3/t11-/m0/s1. The van der Waals surface area contributed by atoms with Crippen molar-refractivity contribution >= 4 is 5.97 Å². The number of rotatable bonds is 6. The maximum Gasteiger partial charge on any atom is 0.312 e. The van der Waals surface area contributed by atoms with Crippen LogP contribution in [0.25, 0.3) is 0 Å². The molecule has 0 aliphatic rings. The zero-order chi connectivity index (χ0) is 14.5. The molecule has 1 N–H and O–H groups in total. The lowest BCUT2D eigenvalue weighted by molar-refractivity contribution is -0.150. The molecule has 0 saturated carbocycles. The van der Waals surface area contributed by atoms with Gasteiger partial charge in [-0.25, -0.2) is 0 Å². The van der Waals surface area contributed by atoms with Gasteiger partial charge in [0.2, 0.25) is 0 Å². The van der Waals surface area contributed by atoms with Gasteiger partial charge in [-0.15, -0.1) is 0 Å². The first kappa shape index (κ1) is 15.5. The molecule has 1 atom stereocenters. The third-order valence-corrected chi connectivity index (χ3v) is 3.18. The summed E-state index contributed by atoms with van der Waals surface area (Å²) < 4.78 is 9.99. The van der Waals surface area contributed by atoms with E-state index in [2.05, 4.69) is 12.2 Å². The van der Waals surface area contributed by atoms with Crippen LogP contribution in [-0.4, -0.2) is 26.7 Å². The Morgan fingerprint density at radius 3 is 2.63 bits per heavy atom. The molecule has 0 amide bonds. The van der Waals surface area contributed by atoms with Crippen molar-refractivity contribution in [3.63, 3.8) is 0 Å². The van der Waals surface area contributed by atoms with Crippen LogP contribution in [0.1, 0.15) is 32.4 Å². The minimum absolute atomic E-state index is 0.138. The lowest BCUT2D eigenvalue weighted by Gasteiger charge is -2.24. The lowest BCUT2D eigenvalue weighted by Crippen LogP contribution is -2.37. The summed E-state index contributed by atoms with van der Waals surface area (Å²) >= 11 is 0. The summed E-state index contributed by atoms with van der Waals surface area (Å²) in [4.78, 5) is 11.6. The quantitative estimate of drug-likeness (QED) is 0.803. The molecule has 0 spiro atoms. The lowest BCUT2D eigenvalue weighted by atomic mass is 9.93. The van der Waals surface area contributed by atoms with E-state index in [9.17, 15) is 4.79 Å².